The first-order valence-electron chi connectivity index (χ1n) is 8.02. The fraction of sp³-hybridized carbons (Fsp3) is 0.882. The highest BCUT2D eigenvalue weighted by Crippen LogP contribution is 2.28. The van der Waals surface area contributed by atoms with Gasteiger partial charge in [-0.2, -0.15) is 0 Å². The number of methoxy groups -OCH3 is 1. The molecular weight excluding hydrogens is 298 g/mol. The van der Waals surface area contributed by atoms with Gasteiger partial charge in [-0.25, -0.2) is 4.99 Å². The summed E-state index contributed by atoms with van der Waals surface area (Å²) >= 11 is 6.38. The summed E-state index contributed by atoms with van der Waals surface area (Å²) in [4.78, 5) is 6.76. The molecule has 4 nitrogen and oxygen atoms in total. The van der Waals surface area contributed by atoms with Gasteiger partial charge >= 0.3 is 11.7 Å². The second-order valence-corrected chi connectivity index (χ2v) is 8.35. The van der Waals surface area contributed by atoms with Crippen molar-refractivity contribution in [1.29, 1.82) is 0 Å². The van der Waals surface area contributed by atoms with Crippen molar-refractivity contribution in [2.75, 3.05) is 34.8 Å². The molecule has 0 aliphatic heterocycles. The van der Waals surface area contributed by atoms with E-state index in [0.29, 0.717) is 5.90 Å². The maximum atomic E-state index is 6.38. The van der Waals surface area contributed by atoms with Gasteiger partial charge in [-0.05, 0) is 40.5 Å². The third-order valence-electron chi connectivity index (χ3n) is 3.27. The highest BCUT2D eigenvalue weighted by atomic mass is 35.5. The quantitative estimate of drug-likeness (QED) is 0.321. The van der Waals surface area contributed by atoms with Crippen molar-refractivity contribution in [3.63, 3.8) is 0 Å². The van der Waals surface area contributed by atoms with Crippen molar-refractivity contribution in [1.82, 2.24) is 4.90 Å². The van der Waals surface area contributed by atoms with Crippen molar-refractivity contribution in [3.8, 4) is 0 Å². The lowest BCUT2D eigenvalue weighted by Crippen LogP contribution is -2.42. The van der Waals surface area contributed by atoms with Crippen molar-refractivity contribution in [2.24, 2.45) is 4.99 Å². The monoisotopic (exact) mass is 332 g/mol. The number of nitrogens with zero attached hydrogens (tertiary/aromatic N) is 3. The van der Waals surface area contributed by atoms with Gasteiger partial charge in [-0.15, -0.1) is 11.6 Å². The van der Waals surface area contributed by atoms with E-state index in [1.165, 1.54) is 0 Å². The Bertz CT molecular complexity index is 405. The minimum Gasteiger partial charge on any atom is -0.475 e. The second kappa shape index (κ2) is 8.76. The zero-order valence-electron chi connectivity index (χ0n) is 16.0. The Morgan fingerprint density at radius 3 is 2.14 bits per heavy atom. The zero-order valence-corrected chi connectivity index (χ0v) is 16.7. The minimum atomic E-state index is -0.293. The highest BCUT2D eigenvalue weighted by molar-refractivity contribution is 6.35. The Hall–Kier alpha value is -0.770. The summed E-state index contributed by atoms with van der Waals surface area (Å²) in [6.45, 7) is 11.4. The molecule has 0 saturated heterocycles. The fourth-order valence-electron chi connectivity index (χ4n) is 2.73. The van der Waals surface area contributed by atoms with E-state index in [0.717, 1.165) is 31.6 Å². The smallest absolute Gasteiger partial charge is 0.334 e. The Morgan fingerprint density at radius 2 is 1.77 bits per heavy atom. The van der Waals surface area contributed by atoms with Crippen LogP contribution in [-0.4, -0.2) is 66.4 Å². The van der Waals surface area contributed by atoms with Crippen LogP contribution in [0.2, 0.25) is 0 Å². The molecule has 0 aromatic rings. The molecule has 0 N–H and O–H groups in total. The first-order chi connectivity index (χ1) is 9.93. The molecule has 0 fully saturated rings. The number of likely N-dealkylation sites (N-methyl/N-ethyl adjacent to an activating group) is 1. The van der Waals surface area contributed by atoms with Crippen LogP contribution < -0.4 is 0 Å². The number of aliphatic imine (C=N–C) groups is 1. The van der Waals surface area contributed by atoms with E-state index in [2.05, 4.69) is 37.3 Å². The lowest BCUT2D eigenvalue weighted by atomic mass is 9.93. The van der Waals surface area contributed by atoms with E-state index in [4.69, 9.17) is 21.3 Å². The summed E-state index contributed by atoms with van der Waals surface area (Å²) < 4.78 is 7.67. The highest BCUT2D eigenvalue weighted by Gasteiger charge is 2.31. The van der Waals surface area contributed by atoms with Crippen LogP contribution in [0.4, 0.5) is 0 Å². The SMILES string of the molecule is CCCCN(C)C(C(=NC(C)(C)CC(C)(C)Cl)OC)=[N+](C)C. The average Bonchev–Trinajstić information content (AvgIpc) is 2.31. The Kier molecular flexibility index (Phi) is 8.45. The van der Waals surface area contributed by atoms with Crippen molar-refractivity contribution in [3.05, 3.63) is 0 Å². The molecule has 0 saturated carbocycles. The normalized spacial score (nSPS) is 13.1. The van der Waals surface area contributed by atoms with Crippen molar-refractivity contribution >= 4 is 23.3 Å². The number of amidine groups is 1. The maximum absolute atomic E-state index is 6.38. The van der Waals surface area contributed by atoms with Gasteiger partial charge in [-0.1, -0.05) is 13.3 Å². The first-order valence-corrected chi connectivity index (χ1v) is 8.40. The van der Waals surface area contributed by atoms with E-state index in [1.54, 1.807) is 7.11 Å². The maximum Gasteiger partial charge on any atom is 0.334 e. The number of ether oxygens (including phenoxy) is 1. The number of hydrogen-bond donors (Lipinski definition) is 0. The van der Waals surface area contributed by atoms with Gasteiger partial charge in [-0.3, -0.25) is 9.48 Å². The van der Waals surface area contributed by atoms with E-state index in [1.807, 2.05) is 27.9 Å². The summed E-state index contributed by atoms with van der Waals surface area (Å²) in [5, 5.41) is 0. The lowest BCUT2D eigenvalue weighted by Gasteiger charge is -2.28. The second-order valence-electron chi connectivity index (χ2n) is 7.32. The molecule has 22 heavy (non-hydrogen) atoms. The molecule has 0 heterocycles. The van der Waals surface area contributed by atoms with Gasteiger partial charge < -0.3 is 4.74 Å². The number of rotatable bonds is 6. The zero-order chi connectivity index (χ0) is 17.6. The number of hydrogen-bond acceptors (Lipinski definition) is 2. The number of halogens is 1. The van der Waals surface area contributed by atoms with E-state index >= 15 is 0 Å². The molecule has 0 rings (SSSR count). The van der Waals surface area contributed by atoms with Crippen LogP contribution in [0.1, 0.15) is 53.9 Å². The number of unbranched alkanes of at least 4 members (excludes halogenated alkanes) is 1. The van der Waals surface area contributed by atoms with Crippen LogP contribution in [0, 0.1) is 0 Å². The topological polar surface area (TPSA) is 27.8 Å². The predicted octanol–water partition coefficient (Wildman–Crippen LogP) is 3.62. The van der Waals surface area contributed by atoms with E-state index in [-0.39, 0.29) is 10.4 Å². The van der Waals surface area contributed by atoms with Gasteiger partial charge in [0.15, 0.2) is 0 Å². The van der Waals surface area contributed by atoms with Crippen LogP contribution in [-0.2, 0) is 4.74 Å². The molecule has 0 aromatic heterocycles. The molecule has 0 unspecified atom stereocenters. The van der Waals surface area contributed by atoms with E-state index < -0.39 is 0 Å². The average molecular weight is 333 g/mol. The molecule has 5 heteroatoms. The summed E-state index contributed by atoms with van der Waals surface area (Å²) in [6, 6.07) is 0. The Balaban J connectivity index is 5.50. The van der Waals surface area contributed by atoms with E-state index in [9.17, 15) is 0 Å². The van der Waals surface area contributed by atoms with Crippen LogP contribution in [0.25, 0.3) is 0 Å². The molecular formula is C17H35ClN3O+. The minimum absolute atomic E-state index is 0.288. The molecule has 0 aliphatic carbocycles. The van der Waals surface area contributed by atoms with Gasteiger partial charge in [0.1, 0.15) is 0 Å². The fourth-order valence-corrected chi connectivity index (χ4v) is 3.05. The lowest BCUT2D eigenvalue weighted by molar-refractivity contribution is -0.468. The predicted molar refractivity (Wildman–Crippen MR) is 97.7 cm³/mol. The van der Waals surface area contributed by atoms with Crippen LogP contribution in [0.5, 0.6) is 0 Å². The third-order valence-corrected chi connectivity index (χ3v) is 3.41. The Labute approximate surface area is 142 Å². The molecule has 0 bridgehead atoms. The molecule has 0 aromatic carbocycles. The molecule has 0 amide bonds. The van der Waals surface area contributed by atoms with Gasteiger partial charge in [0.05, 0.1) is 40.3 Å². The van der Waals surface area contributed by atoms with Crippen LogP contribution >= 0.6 is 11.6 Å². The summed E-state index contributed by atoms with van der Waals surface area (Å²) in [5.41, 5.74) is -0.288. The molecule has 0 aliphatic rings. The summed E-state index contributed by atoms with van der Waals surface area (Å²) in [5.74, 6) is 1.66. The largest absolute Gasteiger partial charge is 0.475 e. The summed E-state index contributed by atoms with van der Waals surface area (Å²) in [6.07, 6.45) is 3.08. The molecule has 130 valence electrons. The van der Waals surface area contributed by atoms with Crippen molar-refractivity contribution in [2.45, 2.75) is 64.3 Å². The molecule has 0 spiro atoms. The van der Waals surface area contributed by atoms with Gasteiger partial charge in [0.2, 0.25) is 0 Å². The first kappa shape index (κ1) is 21.2. The standard InChI is InChI=1S/C17H35ClN3O/c1-10-11-12-21(8)15(20(6)7)14(22-9)19-17(4,5)13-16(2,3)18/h10-13H2,1-9H3/q+1. The van der Waals surface area contributed by atoms with Gasteiger partial charge in [0, 0.05) is 4.87 Å². The Morgan fingerprint density at radius 1 is 1.23 bits per heavy atom. The van der Waals surface area contributed by atoms with Crippen LogP contribution in [0.3, 0.4) is 0 Å². The molecule has 0 atom stereocenters. The third kappa shape index (κ3) is 8.02. The number of alkyl halides is 1. The van der Waals surface area contributed by atoms with Gasteiger partial charge in [0.25, 0.3) is 0 Å². The molecule has 0 radical (unpaired) electrons. The summed E-state index contributed by atoms with van der Waals surface area (Å²) in [7, 11) is 7.80. The van der Waals surface area contributed by atoms with Crippen molar-refractivity contribution < 1.29 is 9.31 Å². The van der Waals surface area contributed by atoms with Crippen LogP contribution in [0.15, 0.2) is 4.99 Å².